The van der Waals surface area contributed by atoms with Crippen molar-refractivity contribution in [3.05, 3.63) is 24.3 Å². The highest BCUT2D eigenvalue weighted by atomic mass is 16.4. The molecule has 2 rings (SSSR count). The van der Waals surface area contributed by atoms with Crippen LogP contribution in [0.3, 0.4) is 0 Å². The van der Waals surface area contributed by atoms with Gasteiger partial charge >= 0.3 is 5.97 Å². The minimum Gasteiger partial charge on any atom is -0.480 e. The van der Waals surface area contributed by atoms with Crippen LogP contribution in [0.4, 0.5) is 5.69 Å². The van der Waals surface area contributed by atoms with Crippen LogP contribution >= 0.6 is 0 Å². The van der Waals surface area contributed by atoms with Gasteiger partial charge in [0.25, 0.3) is 0 Å². The first-order valence-corrected chi connectivity index (χ1v) is 6.50. The van der Waals surface area contributed by atoms with E-state index in [1.165, 1.54) is 4.68 Å². The smallest absolute Gasteiger partial charge is 0.328 e. The summed E-state index contributed by atoms with van der Waals surface area (Å²) in [6, 6.07) is 6.26. The van der Waals surface area contributed by atoms with Gasteiger partial charge in [0.2, 0.25) is 0 Å². The first kappa shape index (κ1) is 14.0. The van der Waals surface area contributed by atoms with Crippen LogP contribution < -0.4 is 5.73 Å². The summed E-state index contributed by atoms with van der Waals surface area (Å²) in [5, 5.41) is 20.7. The van der Waals surface area contributed by atoms with Gasteiger partial charge in [0, 0.05) is 11.3 Å². The first-order chi connectivity index (χ1) is 9.63. The number of nitrogens with zero attached hydrogens (tertiary/aromatic N) is 4. The number of aromatic nitrogens is 4. The molecular weight excluding hydrogens is 258 g/mol. The summed E-state index contributed by atoms with van der Waals surface area (Å²) < 4.78 is 1.36. The van der Waals surface area contributed by atoms with E-state index in [4.69, 9.17) is 5.73 Å². The number of carboxylic acid groups (broad SMARTS) is 1. The summed E-state index contributed by atoms with van der Waals surface area (Å²) >= 11 is 0. The monoisotopic (exact) mass is 275 g/mol. The molecule has 1 aromatic heterocycles. The third-order valence-electron chi connectivity index (χ3n) is 3.07. The summed E-state index contributed by atoms with van der Waals surface area (Å²) in [4.78, 5) is 11.4. The molecule has 7 nitrogen and oxygen atoms in total. The van der Waals surface area contributed by atoms with Crippen molar-refractivity contribution < 1.29 is 9.90 Å². The predicted molar refractivity (Wildman–Crippen MR) is 73.9 cm³/mol. The minimum atomic E-state index is -0.928. The van der Waals surface area contributed by atoms with Crippen LogP contribution in [0.5, 0.6) is 0 Å². The molecule has 0 bridgehead atoms. The fourth-order valence-corrected chi connectivity index (χ4v) is 1.97. The van der Waals surface area contributed by atoms with E-state index in [0.29, 0.717) is 17.9 Å². The molecule has 2 aromatic rings. The van der Waals surface area contributed by atoms with Gasteiger partial charge in [-0.05, 0) is 41.1 Å². The highest BCUT2D eigenvalue weighted by Crippen LogP contribution is 2.23. The molecule has 0 amide bonds. The number of anilines is 1. The highest BCUT2D eigenvalue weighted by molar-refractivity contribution is 5.73. The molecule has 1 atom stereocenters. The molecule has 7 heteroatoms. The van der Waals surface area contributed by atoms with Gasteiger partial charge in [0.15, 0.2) is 11.9 Å². The van der Waals surface area contributed by atoms with Gasteiger partial charge < -0.3 is 10.8 Å². The molecule has 106 valence electrons. The van der Waals surface area contributed by atoms with Crippen molar-refractivity contribution >= 4 is 11.7 Å². The van der Waals surface area contributed by atoms with E-state index < -0.39 is 12.0 Å². The number of rotatable bonds is 6. The quantitative estimate of drug-likeness (QED) is 0.777. The van der Waals surface area contributed by atoms with Crippen LogP contribution in [0, 0.1) is 0 Å². The zero-order valence-electron chi connectivity index (χ0n) is 11.2. The van der Waals surface area contributed by atoms with E-state index in [0.717, 1.165) is 18.4 Å². The fourth-order valence-electron chi connectivity index (χ4n) is 1.97. The number of nitrogen functional groups attached to an aromatic ring is 1. The zero-order chi connectivity index (χ0) is 14.5. The van der Waals surface area contributed by atoms with E-state index >= 15 is 0 Å². The van der Waals surface area contributed by atoms with Crippen molar-refractivity contribution in [2.45, 2.75) is 32.2 Å². The molecule has 0 radical (unpaired) electrons. The SMILES string of the molecule is CCCCC(C(=O)O)n1nnnc1-c1ccc(N)cc1. The molecule has 0 aliphatic heterocycles. The summed E-state index contributed by atoms with van der Waals surface area (Å²) in [7, 11) is 0. The Balaban J connectivity index is 2.35. The lowest BCUT2D eigenvalue weighted by atomic mass is 10.1. The lowest BCUT2D eigenvalue weighted by Crippen LogP contribution is -2.21. The molecule has 0 saturated heterocycles. The number of hydrogen-bond donors (Lipinski definition) is 2. The number of tetrazole rings is 1. The van der Waals surface area contributed by atoms with Gasteiger partial charge in [-0.2, -0.15) is 0 Å². The lowest BCUT2D eigenvalue weighted by molar-refractivity contribution is -0.141. The van der Waals surface area contributed by atoms with Gasteiger partial charge in [-0.1, -0.05) is 19.8 Å². The molecule has 0 aliphatic carbocycles. The molecule has 3 N–H and O–H groups in total. The lowest BCUT2D eigenvalue weighted by Gasteiger charge is -2.13. The van der Waals surface area contributed by atoms with E-state index in [2.05, 4.69) is 15.5 Å². The molecule has 0 spiro atoms. The summed E-state index contributed by atoms with van der Waals surface area (Å²) in [6.45, 7) is 2.01. The minimum absolute atomic E-state index is 0.438. The average molecular weight is 275 g/mol. The Morgan fingerprint density at radius 1 is 1.40 bits per heavy atom. The maximum Gasteiger partial charge on any atom is 0.328 e. The number of unbranched alkanes of at least 4 members (excludes halogenated alkanes) is 1. The number of aliphatic carboxylic acids is 1. The van der Waals surface area contributed by atoms with Crippen molar-refractivity contribution in [2.24, 2.45) is 0 Å². The Labute approximate surface area is 116 Å². The second kappa shape index (κ2) is 6.14. The second-order valence-corrected chi connectivity index (χ2v) is 4.57. The third kappa shape index (κ3) is 2.93. The van der Waals surface area contributed by atoms with Crippen LogP contribution in [0.25, 0.3) is 11.4 Å². The standard InChI is InChI=1S/C13H17N5O2/c1-2-3-4-11(13(19)20)18-12(15-16-17-18)9-5-7-10(14)8-6-9/h5-8,11H,2-4,14H2,1H3,(H,19,20). The first-order valence-electron chi connectivity index (χ1n) is 6.50. The maximum atomic E-state index is 11.4. The highest BCUT2D eigenvalue weighted by Gasteiger charge is 2.24. The molecule has 20 heavy (non-hydrogen) atoms. The Morgan fingerprint density at radius 2 is 2.10 bits per heavy atom. The number of hydrogen-bond acceptors (Lipinski definition) is 5. The molecule has 0 saturated carbocycles. The van der Waals surface area contributed by atoms with Crippen LogP contribution in [0.1, 0.15) is 32.2 Å². The van der Waals surface area contributed by atoms with E-state index in [-0.39, 0.29) is 0 Å². The molecule has 1 heterocycles. The van der Waals surface area contributed by atoms with Gasteiger partial charge in [-0.15, -0.1) is 5.10 Å². The van der Waals surface area contributed by atoms with Gasteiger partial charge in [-0.3, -0.25) is 0 Å². The fraction of sp³-hybridized carbons (Fsp3) is 0.385. The third-order valence-corrected chi connectivity index (χ3v) is 3.07. The second-order valence-electron chi connectivity index (χ2n) is 4.57. The Hall–Kier alpha value is -2.44. The summed E-state index contributed by atoms with van der Waals surface area (Å²) in [5.74, 6) is -0.490. The molecule has 1 aromatic carbocycles. The predicted octanol–water partition coefficient (Wildman–Crippen LogP) is 1.74. The summed E-state index contributed by atoms with van der Waals surface area (Å²) in [5.41, 5.74) is 7.01. The molecule has 0 fully saturated rings. The van der Waals surface area contributed by atoms with Crippen molar-refractivity contribution in [3.8, 4) is 11.4 Å². The van der Waals surface area contributed by atoms with E-state index in [1.807, 2.05) is 6.92 Å². The number of carboxylic acids is 1. The molecule has 0 aliphatic rings. The van der Waals surface area contributed by atoms with Gasteiger partial charge in [0.1, 0.15) is 0 Å². The van der Waals surface area contributed by atoms with Crippen LogP contribution in [-0.2, 0) is 4.79 Å². The van der Waals surface area contributed by atoms with Crippen molar-refractivity contribution in [3.63, 3.8) is 0 Å². The number of carbonyl (C=O) groups is 1. The van der Waals surface area contributed by atoms with Crippen LogP contribution in [0.15, 0.2) is 24.3 Å². The van der Waals surface area contributed by atoms with Crippen molar-refractivity contribution in [2.75, 3.05) is 5.73 Å². The number of nitrogens with two attached hydrogens (primary N) is 1. The molecule has 1 unspecified atom stereocenters. The van der Waals surface area contributed by atoms with Crippen LogP contribution in [-0.4, -0.2) is 31.3 Å². The number of benzene rings is 1. The van der Waals surface area contributed by atoms with E-state index in [9.17, 15) is 9.90 Å². The Morgan fingerprint density at radius 3 is 2.70 bits per heavy atom. The van der Waals surface area contributed by atoms with Crippen molar-refractivity contribution in [1.82, 2.24) is 20.2 Å². The largest absolute Gasteiger partial charge is 0.480 e. The average Bonchev–Trinajstić information content (AvgIpc) is 2.89. The van der Waals surface area contributed by atoms with Crippen LogP contribution in [0.2, 0.25) is 0 Å². The van der Waals surface area contributed by atoms with Gasteiger partial charge in [-0.25, -0.2) is 9.48 Å². The normalized spacial score (nSPS) is 12.2. The Bertz CT molecular complexity index is 579. The Kier molecular flexibility index (Phi) is 4.29. The zero-order valence-corrected chi connectivity index (χ0v) is 11.2. The van der Waals surface area contributed by atoms with Crippen molar-refractivity contribution in [1.29, 1.82) is 0 Å². The topological polar surface area (TPSA) is 107 Å². The van der Waals surface area contributed by atoms with Gasteiger partial charge in [0.05, 0.1) is 0 Å². The summed E-state index contributed by atoms with van der Waals surface area (Å²) in [6.07, 6.45) is 2.22. The maximum absolute atomic E-state index is 11.4. The molecular formula is C13H17N5O2. The van der Waals surface area contributed by atoms with E-state index in [1.54, 1.807) is 24.3 Å².